The van der Waals surface area contributed by atoms with Gasteiger partial charge in [-0.15, -0.1) is 6.58 Å². The van der Waals surface area contributed by atoms with E-state index in [2.05, 4.69) is 16.1 Å². The van der Waals surface area contributed by atoms with Gasteiger partial charge >= 0.3 is 44.4 Å². The van der Waals surface area contributed by atoms with Crippen LogP contribution in [0.5, 0.6) is 0 Å². The molecule has 0 aromatic heterocycles. The molecular weight excluding hydrogens is 440 g/mol. The first-order valence-electron chi connectivity index (χ1n) is 9.03. The fourth-order valence-electron chi connectivity index (χ4n) is 3.01. The second-order valence-electron chi connectivity index (χ2n) is 6.87. The number of rotatable bonds is 5. The summed E-state index contributed by atoms with van der Waals surface area (Å²) in [6.07, 6.45) is 0. The Morgan fingerprint density at radius 1 is 0.750 bits per heavy atom. The lowest BCUT2D eigenvalue weighted by Gasteiger charge is -2.23. The van der Waals surface area contributed by atoms with Crippen LogP contribution < -0.4 is 0 Å². The van der Waals surface area contributed by atoms with Crippen molar-refractivity contribution in [1.29, 1.82) is 0 Å². The van der Waals surface area contributed by atoms with Crippen molar-refractivity contribution in [2.45, 2.75) is 6.55 Å². The zero-order chi connectivity index (χ0) is 23.2. The van der Waals surface area contributed by atoms with Gasteiger partial charge in [0.25, 0.3) is 0 Å². The van der Waals surface area contributed by atoms with Crippen molar-refractivity contribution in [2.75, 3.05) is 0 Å². The van der Waals surface area contributed by atoms with Crippen LogP contribution in [-0.4, -0.2) is 44.4 Å². The topological polar surface area (TPSA) is 139 Å². The number of hydrogen-bond donors (Lipinski definition) is 0. The van der Waals surface area contributed by atoms with E-state index in [1.165, 1.54) is 36.5 Å². The molecule has 2 aromatic carbocycles. The Labute approximate surface area is 180 Å². The monoisotopic (exact) mass is 452 g/mol. The lowest BCUT2D eigenvalue weighted by molar-refractivity contribution is 0.0425. The van der Waals surface area contributed by atoms with Crippen LogP contribution in [0.25, 0.3) is 0 Å². The fourth-order valence-corrected chi connectivity index (χ4v) is 4.19. The average Bonchev–Trinajstić information content (AvgIpc) is 3.21. The van der Waals surface area contributed by atoms with Gasteiger partial charge in [-0.2, -0.15) is 0 Å². The fraction of sp³-hybridized carbons (Fsp3) is 0.0476. The molecule has 0 amide bonds. The molecule has 4 rings (SSSR count). The summed E-state index contributed by atoms with van der Waals surface area (Å²) in [5.41, 5.74) is 0.951. The SMILES string of the molecule is C=C[Si](C)(OC(=O)c1ccc2c(c1)C(=O)OC2=O)OC(=O)c1ccc2c(c1)C(=O)OC2=O. The van der Waals surface area contributed by atoms with Crippen LogP contribution >= 0.6 is 0 Å². The molecule has 2 aromatic rings. The zero-order valence-electron chi connectivity index (χ0n) is 16.3. The summed E-state index contributed by atoms with van der Waals surface area (Å²) in [6.45, 7) is 4.94. The summed E-state index contributed by atoms with van der Waals surface area (Å²) in [5.74, 6) is -5.23. The lowest BCUT2D eigenvalue weighted by Crippen LogP contribution is -2.41. The molecule has 160 valence electrons. The highest BCUT2D eigenvalue weighted by Gasteiger charge is 2.39. The molecule has 2 heterocycles. The maximum absolute atomic E-state index is 12.6. The minimum Gasteiger partial charge on any atom is -0.478 e. The Kier molecular flexibility index (Phi) is 4.82. The molecule has 10 nitrogen and oxygen atoms in total. The summed E-state index contributed by atoms with van der Waals surface area (Å²) < 4.78 is 19.7. The van der Waals surface area contributed by atoms with Gasteiger partial charge in [-0.25, -0.2) is 28.8 Å². The van der Waals surface area contributed by atoms with Crippen LogP contribution in [0.4, 0.5) is 0 Å². The van der Waals surface area contributed by atoms with E-state index in [4.69, 9.17) is 8.85 Å². The molecule has 0 fully saturated rings. The first-order valence-corrected chi connectivity index (χ1v) is 11.4. The van der Waals surface area contributed by atoms with Crippen LogP contribution in [-0.2, 0) is 18.3 Å². The predicted octanol–water partition coefficient (Wildman–Crippen LogP) is 2.12. The quantitative estimate of drug-likeness (QED) is 0.376. The van der Waals surface area contributed by atoms with Gasteiger partial charge < -0.3 is 18.3 Å². The molecule has 0 aliphatic carbocycles. The van der Waals surface area contributed by atoms with Crippen LogP contribution in [0.1, 0.15) is 62.1 Å². The highest BCUT2D eigenvalue weighted by atomic mass is 28.4. The minimum atomic E-state index is -3.63. The van der Waals surface area contributed by atoms with Gasteiger partial charge in [0.05, 0.1) is 33.4 Å². The van der Waals surface area contributed by atoms with Crippen molar-refractivity contribution in [1.82, 2.24) is 0 Å². The Balaban J connectivity index is 1.53. The molecule has 2 aliphatic heterocycles. The highest BCUT2D eigenvalue weighted by Crippen LogP contribution is 2.24. The molecule has 0 saturated carbocycles. The average molecular weight is 452 g/mol. The molecule has 2 aliphatic rings. The third-order valence-corrected chi connectivity index (χ3v) is 6.65. The van der Waals surface area contributed by atoms with Crippen molar-refractivity contribution in [3.63, 3.8) is 0 Å². The van der Waals surface area contributed by atoms with Gasteiger partial charge in [-0.05, 0) is 42.1 Å². The van der Waals surface area contributed by atoms with Gasteiger partial charge in [-0.1, -0.05) is 0 Å². The number of carbonyl (C=O) groups excluding carboxylic acids is 6. The van der Waals surface area contributed by atoms with Crippen molar-refractivity contribution in [2.24, 2.45) is 0 Å². The molecule has 0 atom stereocenters. The van der Waals surface area contributed by atoms with Crippen LogP contribution in [0, 0.1) is 0 Å². The number of fused-ring (bicyclic) bond motifs is 2. The Morgan fingerprint density at radius 2 is 1.12 bits per heavy atom. The number of hydrogen-bond acceptors (Lipinski definition) is 10. The summed E-state index contributed by atoms with van der Waals surface area (Å²) in [7, 11) is -3.63. The van der Waals surface area contributed by atoms with Crippen molar-refractivity contribution >= 4 is 44.4 Å². The number of benzene rings is 2. The summed E-state index contributed by atoms with van der Waals surface area (Å²) in [5, 5.41) is 0. The number of esters is 4. The zero-order valence-corrected chi connectivity index (χ0v) is 17.3. The second-order valence-corrected chi connectivity index (χ2v) is 9.72. The van der Waals surface area contributed by atoms with E-state index in [0.717, 1.165) is 12.1 Å². The van der Waals surface area contributed by atoms with Gasteiger partial charge in [-0.3, -0.25) is 0 Å². The van der Waals surface area contributed by atoms with Crippen LogP contribution in [0.3, 0.4) is 0 Å². The van der Waals surface area contributed by atoms with Crippen molar-refractivity contribution in [3.8, 4) is 0 Å². The normalized spacial score (nSPS) is 14.3. The van der Waals surface area contributed by atoms with E-state index in [1.54, 1.807) is 0 Å². The highest BCUT2D eigenvalue weighted by molar-refractivity contribution is 6.74. The number of carbonyl (C=O) groups is 6. The van der Waals surface area contributed by atoms with E-state index < -0.39 is 44.4 Å². The third-order valence-electron chi connectivity index (χ3n) is 4.72. The van der Waals surface area contributed by atoms with Crippen LogP contribution in [0.15, 0.2) is 48.7 Å². The molecule has 0 unspecified atom stereocenters. The number of ether oxygens (including phenoxy) is 2. The molecule has 0 bridgehead atoms. The van der Waals surface area contributed by atoms with Gasteiger partial charge in [0, 0.05) is 6.55 Å². The largest absolute Gasteiger partial charge is 0.488 e. The van der Waals surface area contributed by atoms with E-state index in [0.29, 0.717) is 0 Å². The third kappa shape index (κ3) is 3.50. The summed E-state index contributed by atoms with van der Waals surface area (Å²) >= 11 is 0. The second kappa shape index (κ2) is 7.39. The van der Waals surface area contributed by atoms with Crippen molar-refractivity contribution in [3.05, 3.63) is 82.1 Å². The van der Waals surface area contributed by atoms with E-state index in [1.807, 2.05) is 0 Å². The molecule has 11 heteroatoms. The van der Waals surface area contributed by atoms with Gasteiger partial charge in [0.15, 0.2) is 0 Å². The lowest BCUT2D eigenvalue weighted by atomic mass is 10.1. The van der Waals surface area contributed by atoms with Gasteiger partial charge in [0.2, 0.25) is 0 Å². The smallest absolute Gasteiger partial charge is 0.478 e. The van der Waals surface area contributed by atoms with E-state index >= 15 is 0 Å². The standard InChI is InChI=1S/C21H12O10Si/c1-3-32(2,30-16(22)10-4-6-12-14(8-10)20(26)28-18(12)24)31-17(23)11-5-7-13-15(9-11)21(27)29-19(13)25/h3-9H,1H2,2H3. The maximum Gasteiger partial charge on any atom is 0.488 e. The first kappa shape index (κ1) is 20.9. The Morgan fingerprint density at radius 3 is 1.50 bits per heavy atom. The molecule has 0 N–H and O–H groups in total. The van der Waals surface area contributed by atoms with Crippen molar-refractivity contribution < 1.29 is 47.1 Å². The summed E-state index contributed by atoms with van der Waals surface area (Å²) in [6, 6.07) is 7.33. The predicted molar refractivity (Wildman–Crippen MR) is 105 cm³/mol. The summed E-state index contributed by atoms with van der Waals surface area (Å²) in [4.78, 5) is 71.6. The first-order chi connectivity index (χ1) is 15.1. The molecule has 32 heavy (non-hydrogen) atoms. The van der Waals surface area contributed by atoms with E-state index in [9.17, 15) is 28.8 Å². The minimum absolute atomic E-state index is 0.0234. The maximum atomic E-state index is 12.6. The molecule has 0 saturated heterocycles. The number of cyclic esters (lactones) is 4. The molecular formula is C21H12O10Si. The Bertz CT molecular complexity index is 1180. The van der Waals surface area contributed by atoms with Crippen LogP contribution in [0.2, 0.25) is 6.55 Å². The van der Waals surface area contributed by atoms with Gasteiger partial charge in [0.1, 0.15) is 0 Å². The molecule has 0 radical (unpaired) electrons. The molecule has 0 spiro atoms. The van der Waals surface area contributed by atoms with E-state index in [-0.39, 0.29) is 33.4 Å². The Hall–Kier alpha value is -4.38.